The summed E-state index contributed by atoms with van der Waals surface area (Å²) < 4.78 is 5.75. The summed E-state index contributed by atoms with van der Waals surface area (Å²) in [6.45, 7) is 4.52. The molecule has 6 nitrogen and oxygen atoms in total. The maximum absolute atomic E-state index is 13.2. The number of carbonyl (C=O) groups excluding carboxylic acids is 1. The van der Waals surface area contributed by atoms with E-state index in [-0.39, 0.29) is 6.03 Å². The van der Waals surface area contributed by atoms with Crippen LogP contribution in [-0.2, 0) is 13.0 Å². The van der Waals surface area contributed by atoms with Gasteiger partial charge >= 0.3 is 6.03 Å². The highest BCUT2D eigenvalue weighted by molar-refractivity contribution is 5.86. The van der Waals surface area contributed by atoms with Gasteiger partial charge in [0.05, 0.1) is 18.2 Å². The molecular formula is C28H26N4O2. The predicted octanol–water partition coefficient (Wildman–Crippen LogP) is 6.00. The molecule has 6 heteroatoms. The Hall–Kier alpha value is -4.19. The van der Waals surface area contributed by atoms with E-state index in [4.69, 9.17) is 9.51 Å². The van der Waals surface area contributed by atoms with Crippen LogP contribution in [0.4, 0.5) is 4.79 Å². The van der Waals surface area contributed by atoms with Crippen molar-refractivity contribution >= 4 is 11.6 Å². The first-order valence-electron chi connectivity index (χ1n) is 11.4. The van der Waals surface area contributed by atoms with E-state index in [9.17, 15) is 4.79 Å². The van der Waals surface area contributed by atoms with Crippen molar-refractivity contribution in [3.05, 3.63) is 113 Å². The summed E-state index contributed by atoms with van der Waals surface area (Å²) in [5.41, 5.74) is 5.74. The molecule has 5 rings (SSSR count). The van der Waals surface area contributed by atoms with Gasteiger partial charge in [-0.3, -0.25) is 4.90 Å². The molecule has 2 heterocycles. The maximum atomic E-state index is 13.2. The minimum absolute atomic E-state index is 0.155. The molecule has 1 unspecified atom stereocenters. The zero-order valence-corrected chi connectivity index (χ0v) is 19.2. The number of hydrogen-bond acceptors (Lipinski definition) is 4. The first-order chi connectivity index (χ1) is 16.6. The van der Waals surface area contributed by atoms with Gasteiger partial charge in [-0.1, -0.05) is 97.0 Å². The molecule has 0 radical (unpaired) electrons. The number of benzene rings is 3. The zero-order chi connectivity index (χ0) is 23.5. The van der Waals surface area contributed by atoms with Crippen LogP contribution >= 0.6 is 0 Å². The zero-order valence-electron chi connectivity index (χ0n) is 19.2. The summed E-state index contributed by atoms with van der Waals surface area (Å²) in [6.07, 6.45) is 0.979. The Balaban J connectivity index is 1.57. The smallest absolute Gasteiger partial charge is 0.322 e. The van der Waals surface area contributed by atoms with E-state index in [0.717, 1.165) is 34.4 Å². The van der Waals surface area contributed by atoms with Gasteiger partial charge in [-0.05, 0) is 30.0 Å². The van der Waals surface area contributed by atoms with E-state index < -0.39 is 6.04 Å². The molecule has 0 fully saturated rings. The average molecular weight is 451 g/mol. The Morgan fingerprint density at radius 2 is 1.56 bits per heavy atom. The molecule has 0 aliphatic carbocycles. The number of aromatic nitrogens is 2. The molecule has 0 saturated heterocycles. The third-order valence-electron chi connectivity index (χ3n) is 6.19. The van der Waals surface area contributed by atoms with Crippen LogP contribution in [0.2, 0.25) is 0 Å². The van der Waals surface area contributed by atoms with Crippen molar-refractivity contribution in [2.45, 2.75) is 32.9 Å². The summed E-state index contributed by atoms with van der Waals surface area (Å²) in [6, 6.07) is 27.4. The van der Waals surface area contributed by atoms with Gasteiger partial charge in [-0.15, -0.1) is 0 Å². The Bertz CT molecular complexity index is 1310. The lowest BCUT2D eigenvalue weighted by molar-refractivity contribution is 0.203. The van der Waals surface area contributed by atoms with E-state index in [2.05, 4.69) is 41.7 Å². The summed E-state index contributed by atoms with van der Waals surface area (Å²) in [7, 11) is 0. The molecule has 170 valence electrons. The first kappa shape index (κ1) is 21.6. The molecule has 0 saturated carbocycles. The second-order valence-electron chi connectivity index (χ2n) is 8.34. The fourth-order valence-electron chi connectivity index (χ4n) is 4.24. The first-order valence-corrected chi connectivity index (χ1v) is 11.4. The number of allylic oxidation sites excluding steroid dienone is 1. The van der Waals surface area contributed by atoms with Crippen LogP contribution in [0.15, 0.2) is 95.1 Å². The third kappa shape index (κ3) is 4.22. The summed E-state index contributed by atoms with van der Waals surface area (Å²) in [5, 5.41) is 7.37. The number of nitrogens with one attached hydrogen (secondary N) is 1. The molecule has 1 aromatic heterocycles. The van der Waals surface area contributed by atoms with Gasteiger partial charge in [0.2, 0.25) is 5.82 Å². The molecule has 34 heavy (non-hydrogen) atoms. The monoisotopic (exact) mass is 450 g/mol. The van der Waals surface area contributed by atoms with Gasteiger partial charge in [-0.2, -0.15) is 4.98 Å². The van der Waals surface area contributed by atoms with Crippen molar-refractivity contribution in [1.82, 2.24) is 20.4 Å². The lowest BCUT2D eigenvalue weighted by Gasteiger charge is -2.35. The lowest BCUT2D eigenvalue weighted by atomic mass is 9.94. The Labute approximate surface area is 198 Å². The molecule has 4 aromatic rings. The van der Waals surface area contributed by atoms with Crippen molar-refractivity contribution in [2.75, 3.05) is 0 Å². The number of nitrogens with zero attached hydrogens (tertiary/aromatic N) is 3. The molecule has 1 N–H and O–H groups in total. The van der Waals surface area contributed by atoms with Gasteiger partial charge in [-0.25, -0.2) is 4.79 Å². The largest absolute Gasteiger partial charge is 0.334 e. The number of rotatable bonds is 6. The van der Waals surface area contributed by atoms with Crippen molar-refractivity contribution in [3.63, 3.8) is 0 Å². The second-order valence-corrected chi connectivity index (χ2v) is 8.34. The number of amides is 2. The number of aryl methyl sites for hydroxylation is 1. The van der Waals surface area contributed by atoms with Crippen LogP contribution in [0.3, 0.4) is 0 Å². The van der Waals surface area contributed by atoms with E-state index in [1.54, 1.807) is 4.90 Å². The Morgan fingerprint density at radius 3 is 2.24 bits per heavy atom. The van der Waals surface area contributed by atoms with E-state index in [1.165, 1.54) is 5.56 Å². The van der Waals surface area contributed by atoms with Crippen LogP contribution in [0.1, 0.15) is 42.5 Å². The Morgan fingerprint density at radius 1 is 0.912 bits per heavy atom. The van der Waals surface area contributed by atoms with E-state index in [0.29, 0.717) is 18.3 Å². The number of carbonyl (C=O) groups is 1. The molecule has 2 amide bonds. The highest BCUT2D eigenvalue weighted by Gasteiger charge is 2.35. The minimum atomic E-state index is -0.392. The normalized spacial score (nSPS) is 16.0. The maximum Gasteiger partial charge on any atom is 0.322 e. The summed E-state index contributed by atoms with van der Waals surface area (Å²) in [5.74, 6) is 0.915. The SMILES string of the molecule is CCc1ccc(CN2C(=O)NC(c3ccccc3)C(c3nc(-c4ccccc4)no3)=C2C)cc1. The van der Waals surface area contributed by atoms with Crippen molar-refractivity contribution in [3.8, 4) is 11.4 Å². The van der Waals surface area contributed by atoms with E-state index >= 15 is 0 Å². The second kappa shape index (κ2) is 9.35. The van der Waals surface area contributed by atoms with Gasteiger partial charge in [0.15, 0.2) is 0 Å². The molecule has 1 aliphatic rings. The number of urea groups is 1. The molecule has 1 atom stereocenters. The van der Waals surface area contributed by atoms with Crippen LogP contribution in [-0.4, -0.2) is 21.1 Å². The Kier molecular flexibility index (Phi) is 5.95. The standard InChI is InChI=1S/C28H26N4O2/c1-3-20-14-16-21(17-15-20)18-32-19(2)24(25(29-28(32)33)22-10-6-4-7-11-22)27-30-26(31-34-27)23-12-8-5-9-13-23/h4-17,25H,3,18H2,1-2H3,(H,29,33). The predicted molar refractivity (Wildman–Crippen MR) is 131 cm³/mol. The fraction of sp³-hybridized carbons (Fsp3) is 0.179. The van der Waals surface area contributed by atoms with E-state index in [1.807, 2.05) is 67.6 Å². The van der Waals surface area contributed by atoms with Gasteiger partial charge in [0.25, 0.3) is 5.89 Å². The molecule has 1 aliphatic heterocycles. The van der Waals surface area contributed by atoms with Crippen molar-refractivity contribution in [2.24, 2.45) is 0 Å². The minimum Gasteiger partial charge on any atom is -0.334 e. The highest BCUT2D eigenvalue weighted by Crippen LogP contribution is 2.37. The average Bonchev–Trinajstić information content (AvgIpc) is 3.37. The molecular weight excluding hydrogens is 424 g/mol. The lowest BCUT2D eigenvalue weighted by Crippen LogP contribution is -2.45. The van der Waals surface area contributed by atoms with Gasteiger partial charge in [0, 0.05) is 11.3 Å². The van der Waals surface area contributed by atoms with Crippen LogP contribution in [0.5, 0.6) is 0 Å². The fourth-order valence-corrected chi connectivity index (χ4v) is 4.24. The molecule has 3 aromatic carbocycles. The topological polar surface area (TPSA) is 71.3 Å². The van der Waals surface area contributed by atoms with Crippen molar-refractivity contribution in [1.29, 1.82) is 0 Å². The van der Waals surface area contributed by atoms with Crippen LogP contribution in [0, 0.1) is 0 Å². The molecule has 0 spiro atoms. The number of hydrogen-bond donors (Lipinski definition) is 1. The van der Waals surface area contributed by atoms with Crippen LogP contribution < -0.4 is 5.32 Å². The molecule has 0 bridgehead atoms. The summed E-state index contributed by atoms with van der Waals surface area (Å²) in [4.78, 5) is 19.7. The summed E-state index contributed by atoms with van der Waals surface area (Å²) >= 11 is 0. The third-order valence-corrected chi connectivity index (χ3v) is 6.19. The van der Waals surface area contributed by atoms with Gasteiger partial charge in [0.1, 0.15) is 0 Å². The quantitative estimate of drug-likeness (QED) is 0.391. The van der Waals surface area contributed by atoms with Crippen LogP contribution in [0.25, 0.3) is 17.0 Å². The van der Waals surface area contributed by atoms with Gasteiger partial charge < -0.3 is 9.84 Å². The van der Waals surface area contributed by atoms with Crippen molar-refractivity contribution < 1.29 is 9.32 Å². The highest BCUT2D eigenvalue weighted by atomic mass is 16.5.